The standard InChI is InChI=1S/C10H10F2N2/c11-10(12)5-9(14)8-3-1-7(6-13)2-4-8/h1-4,9-10H,5,14H2/t9-/m0/s1. The normalized spacial score (nSPS) is 12.5. The Kier molecular flexibility index (Phi) is 3.55. The summed E-state index contributed by atoms with van der Waals surface area (Å²) in [5, 5.41) is 8.51. The summed E-state index contributed by atoms with van der Waals surface area (Å²) in [6, 6.07) is 7.63. The van der Waals surface area contributed by atoms with Crippen LogP contribution in [0, 0.1) is 11.3 Å². The number of nitrogens with zero attached hydrogens (tertiary/aromatic N) is 1. The van der Waals surface area contributed by atoms with Gasteiger partial charge >= 0.3 is 0 Å². The molecule has 1 aromatic rings. The van der Waals surface area contributed by atoms with E-state index in [0.717, 1.165) is 0 Å². The van der Waals surface area contributed by atoms with Crippen LogP contribution in [0.4, 0.5) is 8.78 Å². The molecule has 1 atom stereocenters. The Morgan fingerprint density at radius 1 is 1.29 bits per heavy atom. The van der Waals surface area contributed by atoms with Gasteiger partial charge in [0.2, 0.25) is 6.43 Å². The summed E-state index contributed by atoms with van der Waals surface area (Å²) in [4.78, 5) is 0. The molecule has 2 N–H and O–H groups in total. The number of hydrogen-bond acceptors (Lipinski definition) is 2. The van der Waals surface area contributed by atoms with E-state index < -0.39 is 12.5 Å². The number of nitriles is 1. The summed E-state index contributed by atoms with van der Waals surface area (Å²) in [7, 11) is 0. The molecule has 1 aromatic carbocycles. The van der Waals surface area contributed by atoms with Gasteiger partial charge in [-0.15, -0.1) is 0 Å². The highest BCUT2D eigenvalue weighted by Gasteiger charge is 2.12. The molecule has 0 amide bonds. The van der Waals surface area contributed by atoms with Gasteiger partial charge in [0.25, 0.3) is 0 Å². The van der Waals surface area contributed by atoms with Crippen LogP contribution >= 0.6 is 0 Å². The Morgan fingerprint density at radius 3 is 2.29 bits per heavy atom. The van der Waals surface area contributed by atoms with Gasteiger partial charge < -0.3 is 5.73 Å². The molecule has 0 bridgehead atoms. The van der Waals surface area contributed by atoms with Gasteiger partial charge in [-0.1, -0.05) is 12.1 Å². The van der Waals surface area contributed by atoms with Gasteiger partial charge in [0, 0.05) is 12.5 Å². The predicted molar refractivity (Wildman–Crippen MR) is 48.7 cm³/mol. The van der Waals surface area contributed by atoms with Crippen molar-refractivity contribution in [3.63, 3.8) is 0 Å². The fraction of sp³-hybridized carbons (Fsp3) is 0.300. The van der Waals surface area contributed by atoms with Gasteiger partial charge in [-0.05, 0) is 17.7 Å². The molecule has 0 spiro atoms. The number of rotatable bonds is 3. The van der Waals surface area contributed by atoms with Crippen LogP contribution in [-0.2, 0) is 0 Å². The van der Waals surface area contributed by atoms with Crippen LogP contribution in [0.5, 0.6) is 0 Å². The largest absolute Gasteiger partial charge is 0.324 e. The minimum Gasteiger partial charge on any atom is -0.324 e. The first kappa shape index (κ1) is 10.6. The SMILES string of the molecule is N#Cc1ccc([C@@H](N)CC(F)F)cc1. The van der Waals surface area contributed by atoms with Crippen molar-refractivity contribution in [1.82, 2.24) is 0 Å². The van der Waals surface area contributed by atoms with Gasteiger partial charge in [0.1, 0.15) is 0 Å². The monoisotopic (exact) mass is 196 g/mol. The zero-order valence-electron chi connectivity index (χ0n) is 7.45. The van der Waals surface area contributed by atoms with E-state index in [1.54, 1.807) is 24.3 Å². The second-order valence-electron chi connectivity index (χ2n) is 2.97. The van der Waals surface area contributed by atoms with Crippen LogP contribution in [0.1, 0.15) is 23.6 Å². The molecular formula is C10H10F2N2. The van der Waals surface area contributed by atoms with Crippen molar-refractivity contribution >= 4 is 0 Å². The maximum absolute atomic E-state index is 12.0. The van der Waals surface area contributed by atoms with Crippen molar-refractivity contribution in [2.24, 2.45) is 5.73 Å². The lowest BCUT2D eigenvalue weighted by molar-refractivity contribution is 0.128. The molecule has 0 aliphatic heterocycles. The van der Waals surface area contributed by atoms with Crippen molar-refractivity contribution in [3.8, 4) is 6.07 Å². The number of nitrogens with two attached hydrogens (primary N) is 1. The predicted octanol–water partition coefficient (Wildman–Crippen LogP) is 2.21. The van der Waals surface area contributed by atoms with Crippen LogP contribution in [0.15, 0.2) is 24.3 Å². The molecule has 0 radical (unpaired) electrons. The lowest BCUT2D eigenvalue weighted by Crippen LogP contribution is -2.13. The average molecular weight is 196 g/mol. The van der Waals surface area contributed by atoms with Crippen LogP contribution in [0.2, 0.25) is 0 Å². The molecule has 0 aliphatic rings. The summed E-state index contributed by atoms with van der Waals surface area (Å²) in [6.45, 7) is 0. The number of benzene rings is 1. The van der Waals surface area contributed by atoms with Gasteiger partial charge in [-0.25, -0.2) is 8.78 Å². The fourth-order valence-electron chi connectivity index (χ4n) is 1.13. The molecule has 14 heavy (non-hydrogen) atoms. The quantitative estimate of drug-likeness (QED) is 0.805. The number of hydrogen-bond donors (Lipinski definition) is 1. The topological polar surface area (TPSA) is 49.8 Å². The Hall–Kier alpha value is -1.47. The Morgan fingerprint density at radius 2 is 1.86 bits per heavy atom. The van der Waals surface area contributed by atoms with Crippen molar-refractivity contribution in [2.45, 2.75) is 18.9 Å². The molecule has 0 saturated carbocycles. The maximum atomic E-state index is 12.0. The second kappa shape index (κ2) is 4.68. The van der Waals surface area contributed by atoms with Crippen LogP contribution in [0.3, 0.4) is 0 Å². The highest BCUT2D eigenvalue weighted by atomic mass is 19.3. The summed E-state index contributed by atoms with van der Waals surface area (Å²) < 4.78 is 24.0. The molecule has 4 heteroatoms. The number of alkyl halides is 2. The fourth-order valence-corrected chi connectivity index (χ4v) is 1.13. The van der Waals surface area contributed by atoms with Crippen molar-refractivity contribution in [1.29, 1.82) is 5.26 Å². The first-order valence-electron chi connectivity index (χ1n) is 4.17. The number of halogens is 2. The lowest BCUT2D eigenvalue weighted by Gasteiger charge is -2.10. The third kappa shape index (κ3) is 2.79. The minimum atomic E-state index is -2.40. The Balaban J connectivity index is 2.72. The molecule has 0 aromatic heterocycles. The van der Waals surface area contributed by atoms with Crippen LogP contribution in [-0.4, -0.2) is 6.43 Å². The summed E-state index contributed by atoms with van der Waals surface area (Å²) in [5.41, 5.74) is 6.65. The van der Waals surface area contributed by atoms with E-state index in [2.05, 4.69) is 0 Å². The van der Waals surface area contributed by atoms with E-state index in [1.165, 1.54) is 0 Å². The third-order valence-corrected chi connectivity index (χ3v) is 1.90. The highest BCUT2D eigenvalue weighted by molar-refractivity contribution is 5.32. The molecule has 74 valence electrons. The second-order valence-corrected chi connectivity index (χ2v) is 2.97. The smallest absolute Gasteiger partial charge is 0.240 e. The van der Waals surface area contributed by atoms with Crippen LogP contribution < -0.4 is 5.73 Å². The zero-order valence-corrected chi connectivity index (χ0v) is 7.45. The molecule has 0 aliphatic carbocycles. The van der Waals surface area contributed by atoms with Gasteiger partial charge in [-0.3, -0.25) is 0 Å². The van der Waals surface area contributed by atoms with E-state index in [1.807, 2.05) is 6.07 Å². The van der Waals surface area contributed by atoms with Crippen LogP contribution in [0.25, 0.3) is 0 Å². The van der Waals surface area contributed by atoms with E-state index in [9.17, 15) is 8.78 Å². The first-order chi connectivity index (χ1) is 6.63. The average Bonchev–Trinajstić information content (AvgIpc) is 2.17. The molecule has 0 fully saturated rings. The van der Waals surface area contributed by atoms with Crippen molar-refractivity contribution < 1.29 is 8.78 Å². The lowest BCUT2D eigenvalue weighted by atomic mass is 10.0. The first-order valence-corrected chi connectivity index (χ1v) is 4.17. The van der Waals surface area contributed by atoms with E-state index in [4.69, 9.17) is 11.0 Å². The van der Waals surface area contributed by atoms with Gasteiger partial charge in [-0.2, -0.15) is 5.26 Å². The zero-order chi connectivity index (χ0) is 10.6. The van der Waals surface area contributed by atoms with E-state index in [-0.39, 0.29) is 6.42 Å². The van der Waals surface area contributed by atoms with E-state index in [0.29, 0.717) is 11.1 Å². The van der Waals surface area contributed by atoms with Crippen molar-refractivity contribution in [3.05, 3.63) is 35.4 Å². The molecule has 1 rings (SSSR count). The Bertz CT molecular complexity index is 327. The molecule has 2 nitrogen and oxygen atoms in total. The third-order valence-electron chi connectivity index (χ3n) is 1.90. The highest BCUT2D eigenvalue weighted by Crippen LogP contribution is 2.18. The summed E-state index contributed by atoms with van der Waals surface area (Å²) in [5.74, 6) is 0. The maximum Gasteiger partial charge on any atom is 0.240 e. The molecule has 0 saturated heterocycles. The van der Waals surface area contributed by atoms with Crippen molar-refractivity contribution in [2.75, 3.05) is 0 Å². The van der Waals surface area contributed by atoms with Gasteiger partial charge in [0.15, 0.2) is 0 Å². The Labute approximate surface area is 81.0 Å². The molecule has 0 heterocycles. The van der Waals surface area contributed by atoms with E-state index >= 15 is 0 Å². The molecular weight excluding hydrogens is 186 g/mol. The van der Waals surface area contributed by atoms with Gasteiger partial charge in [0.05, 0.1) is 11.6 Å². The minimum absolute atomic E-state index is 0.355. The summed E-state index contributed by atoms with van der Waals surface area (Å²) in [6.07, 6.45) is -2.76. The molecule has 0 unspecified atom stereocenters. The summed E-state index contributed by atoms with van der Waals surface area (Å²) >= 11 is 0.